The summed E-state index contributed by atoms with van der Waals surface area (Å²) >= 11 is 13.9. The first kappa shape index (κ1) is 35.4. The molecule has 15 heteroatoms. The number of halogens is 2. The molecule has 5 aromatic rings. The normalized spacial score (nSPS) is 13.4. The van der Waals surface area contributed by atoms with Crippen LogP contribution in [0.5, 0.6) is 5.75 Å². The van der Waals surface area contributed by atoms with Crippen LogP contribution in [0.1, 0.15) is 63.5 Å². The summed E-state index contributed by atoms with van der Waals surface area (Å²) in [5.74, 6) is 6.22. The molecule has 0 spiro atoms. The molecule has 49 heavy (non-hydrogen) atoms. The van der Waals surface area contributed by atoms with Crippen LogP contribution in [-0.2, 0) is 11.4 Å². The second-order valence-electron chi connectivity index (χ2n) is 10.4. The first-order valence-electron chi connectivity index (χ1n) is 15.1. The summed E-state index contributed by atoms with van der Waals surface area (Å²) in [6.07, 6.45) is 4.21. The lowest BCUT2D eigenvalue weighted by Crippen LogP contribution is -2.29. The summed E-state index contributed by atoms with van der Waals surface area (Å²) in [4.78, 5) is 33.1. The molecular formula is C34H32Cl2N8O4S. The number of nitrogens with one attached hydrogen (secondary N) is 2. The van der Waals surface area contributed by atoms with Crippen molar-refractivity contribution in [3.8, 4) is 5.75 Å². The van der Waals surface area contributed by atoms with Crippen molar-refractivity contribution in [3.63, 3.8) is 0 Å². The van der Waals surface area contributed by atoms with Crippen LogP contribution in [0.15, 0.2) is 108 Å². The highest BCUT2D eigenvalue weighted by molar-refractivity contribution is 7.99. The smallest absolute Gasteiger partial charge is 0.270 e. The standard InChI is InChI=1S/C28H25Cl2N5O3S.C6H7N3O/c1-2-14-39-28-32-31-26(35(28)33-27(36)18-8-4-3-5-9-18)17-37-24-11-7-6-10-21(24)23-16-25(38-34-23)20-13-12-19(29)15-22(20)30;7-9-6(10)5-1-3-8-4-2-5/h3-13,15,25H,2,14,16-17H2,1H3,(H,33,36);1-4H,7H2,(H,9,10). The minimum atomic E-state index is -0.327. The van der Waals surface area contributed by atoms with Crippen LogP contribution in [0.4, 0.5) is 0 Å². The van der Waals surface area contributed by atoms with E-state index in [9.17, 15) is 9.59 Å². The predicted octanol–water partition coefficient (Wildman–Crippen LogP) is 6.60. The van der Waals surface area contributed by atoms with Gasteiger partial charge in [0, 0.05) is 56.9 Å². The van der Waals surface area contributed by atoms with Crippen molar-refractivity contribution in [2.75, 3.05) is 11.2 Å². The van der Waals surface area contributed by atoms with Crippen molar-refractivity contribution in [2.45, 2.75) is 37.6 Å². The van der Waals surface area contributed by atoms with Crippen molar-refractivity contribution >= 4 is 52.5 Å². The van der Waals surface area contributed by atoms with Gasteiger partial charge in [0.25, 0.3) is 11.8 Å². The summed E-state index contributed by atoms with van der Waals surface area (Å²) in [7, 11) is 0. The number of carbonyl (C=O) groups is 2. The predicted molar refractivity (Wildman–Crippen MR) is 189 cm³/mol. The molecule has 12 nitrogen and oxygen atoms in total. The van der Waals surface area contributed by atoms with Gasteiger partial charge in [0.15, 0.2) is 11.9 Å². The van der Waals surface area contributed by atoms with Gasteiger partial charge in [-0.2, -0.15) is 0 Å². The van der Waals surface area contributed by atoms with Crippen LogP contribution in [0.3, 0.4) is 0 Å². The topological polar surface area (TPSA) is 159 Å². The highest BCUT2D eigenvalue weighted by Gasteiger charge is 2.28. The largest absolute Gasteiger partial charge is 0.485 e. The number of ether oxygens (including phenoxy) is 1. The van der Waals surface area contributed by atoms with Gasteiger partial charge in [-0.15, -0.1) is 10.2 Å². The third kappa shape index (κ3) is 9.36. The van der Waals surface area contributed by atoms with E-state index in [1.54, 1.807) is 41.1 Å². The molecule has 0 bridgehead atoms. The van der Waals surface area contributed by atoms with Gasteiger partial charge in [-0.3, -0.25) is 25.4 Å². The van der Waals surface area contributed by atoms with E-state index in [1.165, 1.54) is 24.2 Å². The molecule has 6 rings (SSSR count). The molecule has 0 saturated carbocycles. The lowest BCUT2D eigenvalue weighted by Gasteiger charge is -2.14. The van der Waals surface area contributed by atoms with Gasteiger partial charge in [0.1, 0.15) is 12.4 Å². The molecule has 0 saturated heterocycles. The molecule has 1 unspecified atom stereocenters. The number of pyridine rings is 1. The Labute approximate surface area is 296 Å². The molecule has 4 N–H and O–H groups in total. The molecule has 0 aliphatic carbocycles. The van der Waals surface area contributed by atoms with Crippen LogP contribution in [0, 0.1) is 0 Å². The number of aromatic nitrogens is 4. The Hall–Kier alpha value is -4.95. The average molecular weight is 720 g/mol. The number of hydrazine groups is 1. The van der Waals surface area contributed by atoms with Crippen molar-refractivity contribution < 1.29 is 19.2 Å². The molecule has 1 atom stereocenters. The second kappa shape index (κ2) is 17.4. The molecule has 1 aliphatic rings. The Bertz CT molecular complexity index is 1910. The Morgan fingerprint density at radius 1 is 0.980 bits per heavy atom. The van der Waals surface area contributed by atoms with Crippen molar-refractivity contribution in [1.29, 1.82) is 0 Å². The molecule has 3 heterocycles. The molecule has 252 valence electrons. The van der Waals surface area contributed by atoms with Gasteiger partial charge < -0.3 is 9.57 Å². The number of nitrogens with two attached hydrogens (primary N) is 1. The van der Waals surface area contributed by atoms with Gasteiger partial charge in [-0.25, -0.2) is 10.5 Å². The highest BCUT2D eigenvalue weighted by Crippen LogP contribution is 2.36. The zero-order valence-corrected chi connectivity index (χ0v) is 28.6. The van der Waals surface area contributed by atoms with Crippen molar-refractivity contribution in [1.82, 2.24) is 25.3 Å². The lowest BCUT2D eigenvalue weighted by atomic mass is 9.99. The van der Waals surface area contributed by atoms with E-state index in [0.29, 0.717) is 44.3 Å². The first-order chi connectivity index (χ1) is 23.9. The van der Waals surface area contributed by atoms with Gasteiger partial charge in [0.2, 0.25) is 5.16 Å². The number of nitrogens with zero attached hydrogens (tertiary/aromatic N) is 5. The monoisotopic (exact) mass is 718 g/mol. The summed E-state index contributed by atoms with van der Waals surface area (Å²) in [5, 5.41) is 14.6. The Balaban J connectivity index is 0.000000402. The molecule has 0 radical (unpaired) electrons. The van der Waals surface area contributed by atoms with Gasteiger partial charge in [-0.1, -0.05) is 83.4 Å². The molecule has 3 aromatic carbocycles. The Morgan fingerprint density at radius 3 is 2.45 bits per heavy atom. The quantitative estimate of drug-likeness (QED) is 0.0592. The maximum atomic E-state index is 12.9. The van der Waals surface area contributed by atoms with E-state index < -0.39 is 0 Å². The molecule has 2 aromatic heterocycles. The maximum Gasteiger partial charge on any atom is 0.270 e. The van der Waals surface area contributed by atoms with E-state index in [-0.39, 0.29) is 24.5 Å². The number of nitrogen functional groups attached to an aromatic ring is 1. The van der Waals surface area contributed by atoms with Crippen LogP contribution >= 0.6 is 35.0 Å². The third-order valence-electron chi connectivity index (χ3n) is 6.99. The van der Waals surface area contributed by atoms with Gasteiger partial charge >= 0.3 is 0 Å². The lowest BCUT2D eigenvalue weighted by molar-refractivity contribution is 0.0858. The zero-order chi connectivity index (χ0) is 34.6. The van der Waals surface area contributed by atoms with Crippen molar-refractivity contribution in [2.24, 2.45) is 11.0 Å². The van der Waals surface area contributed by atoms with Crippen LogP contribution in [0.2, 0.25) is 10.0 Å². The molecule has 0 fully saturated rings. The number of oxime groups is 1. The summed E-state index contributed by atoms with van der Waals surface area (Å²) < 4.78 is 7.79. The first-order valence-corrected chi connectivity index (χ1v) is 16.9. The number of carbonyl (C=O) groups excluding carboxylic acids is 2. The fourth-order valence-corrected chi connectivity index (χ4v) is 5.87. The van der Waals surface area contributed by atoms with Crippen LogP contribution in [0.25, 0.3) is 0 Å². The zero-order valence-electron chi connectivity index (χ0n) is 26.3. The number of hydrogen-bond donors (Lipinski definition) is 3. The number of benzene rings is 3. The number of para-hydroxylation sites is 1. The highest BCUT2D eigenvalue weighted by atomic mass is 35.5. The minimum absolute atomic E-state index is 0.0757. The van der Waals surface area contributed by atoms with E-state index in [2.05, 4.69) is 32.7 Å². The van der Waals surface area contributed by atoms with E-state index in [0.717, 1.165) is 29.0 Å². The minimum Gasteiger partial charge on any atom is -0.485 e. The van der Waals surface area contributed by atoms with E-state index in [1.807, 2.05) is 54.0 Å². The van der Waals surface area contributed by atoms with Crippen molar-refractivity contribution in [3.05, 3.63) is 135 Å². The third-order valence-corrected chi connectivity index (χ3v) is 8.69. The van der Waals surface area contributed by atoms with Crippen LogP contribution < -0.4 is 21.4 Å². The second-order valence-corrected chi connectivity index (χ2v) is 12.3. The van der Waals surface area contributed by atoms with Gasteiger partial charge in [0.05, 0.1) is 5.71 Å². The maximum absolute atomic E-state index is 12.9. The summed E-state index contributed by atoms with van der Waals surface area (Å²) in [6.45, 7) is 2.16. The fourth-order valence-electron chi connectivity index (χ4n) is 4.57. The molecule has 1 aliphatic heterocycles. The Morgan fingerprint density at radius 2 is 1.71 bits per heavy atom. The number of amides is 2. The SMILES string of the molecule is CCCSc1nnc(COc2ccccc2C2=NOC(c3ccc(Cl)cc3Cl)C2)n1NC(=O)c1ccccc1.NNC(=O)c1ccncc1. The Kier molecular flexibility index (Phi) is 12.6. The molecule has 2 amide bonds. The number of thioether (sulfide) groups is 1. The summed E-state index contributed by atoms with van der Waals surface area (Å²) in [6, 6.07) is 25.1. The van der Waals surface area contributed by atoms with Crippen LogP contribution in [-0.4, -0.2) is 43.1 Å². The molecular weight excluding hydrogens is 687 g/mol. The number of hydrogen-bond acceptors (Lipinski definition) is 10. The van der Waals surface area contributed by atoms with E-state index >= 15 is 0 Å². The summed E-state index contributed by atoms with van der Waals surface area (Å²) in [5.41, 5.74) is 8.32. The average Bonchev–Trinajstić information content (AvgIpc) is 3.78. The fraction of sp³-hybridized carbons (Fsp3) is 0.176. The number of rotatable bonds is 11. The van der Waals surface area contributed by atoms with E-state index in [4.69, 9.17) is 38.6 Å². The van der Waals surface area contributed by atoms with Gasteiger partial charge in [-0.05, 0) is 55.0 Å².